The summed E-state index contributed by atoms with van der Waals surface area (Å²) in [5, 5.41) is 3.01. The molecule has 0 aromatic heterocycles. The molecule has 5 nitrogen and oxygen atoms in total. The fourth-order valence-electron chi connectivity index (χ4n) is 2.19. The average Bonchev–Trinajstić information content (AvgIpc) is 2.51. The summed E-state index contributed by atoms with van der Waals surface area (Å²) in [7, 11) is 1.81. The minimum Gasteiger partial charge on any atom is -0.391 e. The Labute approximate surface area is 133 Å². The lowest BCUT2D eigenvalue weighted by Gasteiger charge is -2.26. The number of carbonyl (C=O) groups is 1. The Bertz CT molecular complexity index is 484. The second-order valence-electron chi connectivity index (χ2n) is 5.14. The van der Waals surface area contributed by atoms with Crippen LogP contribution in [0, 0.1) is 0 Å². The monoisotopic (exact) mass is 305 g/mol. The molecule has 0 aromatic carbocycles. The predicted molar refractivity (Wildman–Crippen MR) is 91.1 cm³/mol. The van der Waals surface area contributed by atoms with E-state index >= 15 is 0 Å². The van der Waals surface area contributed by atoms with Crippen LogP contribution in [0.15, 0.2) is 40.2 Å². The first kappa shape index (κ1) is 18.3. The van der Waals surface area contributed by atoms with Crippen molar-refractivity contribution in [3.05, 3.63) is 35.2 Å². The fourth-order valence-corrected chi connectivity index (χ4v) is 2.19. The van der Waals surface area contributed by atoms with Gasteiger partial charge in [0.15, 0.2) is 5.78 Å². The van der Waals surface area contributed by atoms with Gasteiger partial charge in [-0.1, -0.05) is 6.08 Å². The highest BCUT2D eigenvalue weighted by Gasteiger charge is 2.11. The molecule has 0 saturated carbocycles. The summed E-state index contributed by atoms with van der Waals surface area (Å²) in [5.74, 6) is 0.0465. The van der Waals surface area contributed by atoms with Crippen LogP contribution < -0.4 is 5.32 Å². The second kappa shape index (κ2) is 10.1. The van der Waals surface area contributed by atoms with Gasteiger partial charge in [0.25, 0.3) is 0 Å². The van der Waals surface area contributed by atoms with Crippen molar-refractivity contribution in [1.29, 1.82) is 0 Å². The third-order valence-corrected chi connectivity index (χ3v) is 3.49. The van der Waals surface area contributed by atoms with Crippen molar-refractivity contribution in [1.82, 2.24) is 10.2 Å². The van der Waals surface area contributed by atoms with E-state index in [2.05, 4.69) is 15.2 Å². The Morgan fingerprint density at radius 3 is 2.55 bits per heavy atom. The van der Waals surface area contributed by atoms with E-state index in [-0.39, 0.29) is 5.78 Å². The van der Waals surface area contributed by atoms with E-state index in [0.717, 1.165) is 44.2 Å². The topological polar surface area (TPSA) is 53.9 Å². The molecule has 1 fully saturated rings. The van der Waals surface area contributed by atoms with Crippen molar-refractivity contribution in [3.8, 4) is 0 Å². The minimum atomic E-state index is 0.0465. The van der Waals surface area contributed by atoms with Crippen molar-refractivity contribution in [2.24, 2.45) is 4.99 Å². The quantitative estimate of drug-likeness (QED) is 0.444. The molecule has 1 heterocycles. The number of nitrogens with zero attached hydrogens (tertiary/aromatic N) is 2. The highest BCUT2D eigenvalue weighted by atomic mass is 16.5. The van der Waals surface area contributed by atoms with Crippen molar-refractivity contribution in [3.63, 3.8) is 0 Å². The molecule has 0 unspecified atom stereocenters. The fraction of sp³-hybridized carbons (Fsp3) is 0.529. The van der Waals surface area contributed by atoms with Crippen LogP contribution in [0.3, 0.4) is 0 Å². The van der Waals surface area contributed by atoms with Crippen LogP contribution in [-0.2, 0) is 9.53 Å². The maximum atomic E-state index is 11.6. The third-order valence-electron chi connectivity index (χ3n) is 3.49. The van der Waals surface area contributed by atoms with Crippen LogP contribution in [-0.4, -0.2) is 56.8 Å². The summed E-state index contributed by atoms with van der Waals surface area (Å²) < 4.78 is 5.35. The van der Waals surface area contributed by atoms with E-state index in [9.17, 15) is 4.79 Å². The smallest absolute Gasteiger partial charge is 0.161 e. The van der Waals surface area contributed by atoms with Gasteiger partial charge in [0, 0.05) is 44.2 Å². The lowest BCUT2D eigenvalue weighted by molar-refractivity contribution is -0.113. The number of carbonyl (C=O) groups excluding carboxylic acids is 1. The first-order valence-corrected chi connectivity index (χ1v) is 7.64. The molecular formula is C17H27N3O2. The molecule has 5 heteroatoms. The normalized spacial score (nSPS) is 18.8. The van der Waals surface area contributed by atoms with Crippen molar-refractivity contribution >= 4 is 12.0 Å². The van der Waals surface area contributed by atoms with Crippen LogP contribution in [0.5, 0.6) is 0 Å². The van der Waals surface area contributed by atoms with Gasteiger partial charge in [-0.05, 0) is 32.9 Å². The van der Waals surface area contributed by atoms with Gasteiger partial charge in [-0.2, -0.15) is 0 Å². The summed E-state index contributed by atoms with van der Waals surface area (Å²) in [6, 6.07) is 0. The molecule has 0 bridgehead atoms. The first-order chi connectivity index (χ1) is 10.6. The predicted octanol–water partition coefficient (Wildman–Crippen LogP) is 1.93. The maximum Gasteiger partial charge on any atom is 0.161 e. The number of ether oxygens (including phenoxy) is 1. The van der Waals surface area contributed by atoms with Gasteiger partial charge in [-0.3, -0.25) is 14.7 Å². The summed E-state index contributed by atoms with van der Waals surface area (Å²) in [4.78, 5) is 18.4. The Kier molecular flexibility index (Phi) is 8.40. The standard InChI is InChI=1S/C17H27N3O2/c1-5-19-16(13-20-9-11-22-12-10-20)7-6-8-17(15(3)21)14(2)18-4/h5-8,18H,9-13H2,1-4H3/b8-6+,16-7-,17-14+,19-5?. The molecule has 1 rings (SSSR count). The minimum absolute atomic E-state index is 0.0465. The Hall–Kier alpha value is -1.72. The molecule has 122 valence electrons. The zero-order valence-electron chi connectivity index (χ0n) is 14.1. The van der Waals surface area contributed by atoms with Crippen molar-refractivity contribution in [2.45, 2.75) is 20.8 Å². The van der Waals surface area contributed by atoms with Crippen LogP contribution in [0.25, 0.3) is 0 Å². The zero-order chi connectivity index (χ0) is 16.4. The number of ketones is 1. The van der Waals surface area contributed by atoms with E-state index in [0.29, 0.717) is 5.57 Å². The van der Waals surface area contributed by atoms with Gasteiger partial charge in [-0.15, -0.1) is 0 Å². The molecule has 0 amide bonds. The lowest BCUT2D eigenvalue weighted by Crippen LogP contribution is -2.37. The summed E-state index contributed by atoms with van der Waals surface area (Å²) in [6.07, 6.45) is 7.47. The number of rotatable bonds is 7. The zero-order valence-corrected chi connectivity index (χ0v) is 14.1. The number of hydrogen-bond acceptors (Lipinski definition) is 5. The SMILES string of the molecule is CC=N\C(=C/C=C/C(C(C)=O)=C(/C)NC)CN1CCOCC1. The largest absolute Gasteiger partial charge is 0.391 e. The molecule has 1 aliphatic heterocycles. The number of morpholine rings is 1. The Morgan fingerprint density at radius 2 is 2.00 bits per heavy atom. The highest BCUT2D eigenvalue weighted by molar-refractivity contribution is 5.96. The lowest BCUT2D eigenvalue weighted by atomic mass is 10.1. The van der Waals surface area contributed by atoms with Crippen LogP contribution in [0.2, 0.25) is 0 Å². The molecule has 1 aliphatic rings. The van der Waals surface area contributed by atoms with E-state index in [1.165, 1.54) is 0 Å². The van der Waals surface area contributed by atoms with Gasteiger partial charge < -0.3 is 10.1 Å². The average molecular weight is 305 g/mol. The van der Waals surface area contributed by atoms with E-state index in [1.54, 1.807) is 13.1 Å². The van der Waals surface area contributed by atoms with Gasteiger partial charge in [0.1, 0.15) is 0 Å². The number of hydrogen-bond donors (Lipinski definition) is 1. The van der Waals surface area contributed by atoms with Crippen LogP contribution in [0.1, 0.15) is 20.8 Å². The van der Waals surface area contributed by atoms with E-state index < -0.39 is 0 Å². The summed E-state index contributed by atoms with van der Waals surface area (Å²) in [5.41, 5.74) is 2.53. The molecule has 1 N–H and O–H groups in total. The molecular weight excluding hydrogens is 278 g/mol. The molecule has 0 aromatic rings. The van der Waals surface area contributed by atoms with Crippen LogP contribution >= 0.6 is 0 Å². The second-order valence-corrected chi connectivity index (χ2v) is 5.14. The van der Waals surface area contributed by atoms with Crippen molar-refractivity contribution < 1.29 is 9.53 Å². The molecule has 0 atom stereocenters. The Morgan fingerprint density at radius 1 is 1.32 bits per heavy atom. The van der Waals surface area contributed by atoms with Gasteiger partial charge in [-0.25, -0.2) is 0 Å². The Balaban J connectivity index is 2.79. The first-order valence-electron chi connectivity index (χ1n) is 7.64. The van der Waals surface area contributed by atoms with Gasteiger partial charge >= 0.3 is 0 Å². The molecule has 1 saturated heterocycles. The van der Waals surface area contributed by atoms with E-state index in [1.807, 2.05) is 39.1 Å². The summed E-state index contributed by atoms with van der Waals surface area (Å²) in [6.45, 7) is 9.57. The molecule has 0 aliphatic carbocycles. The number of Topliss-reactive ketones (excluding diaryl/α,β-unsaturated/α-hetero) is 1. The molecule has 0 radical (unpaired) electrons. The maximum absolute atomic E-state index is 11.6. The van der Waals surface area contributed by atoms with E-state index in [4.69, 9.17) is 4.74 Å². The number of aliphatic imine (C=N–C) groups is 1. The molecule has 22 heavy (non-hydrogen) atoms. The number of nitrogens with one attached hydrogen (secondary N) is 1. The number of allylic oxidation sites excluding steroid dienone is 5. The highest BCUT2D eigenvalue weighted by Crippen LogP contribution is 2.08. The van der Waals surface area contributed by atoms with Crippen molar-refractivity contribution in [2.75, 3.05) is 39.9 Å². The van der Waals surface area contributed by atoms with Gasteiger partial charge in [0.05, 0.1) is 18.9 Å². The van der Waals surface area contributed by atoms with Gasteiger partial charge in [0.2, 0.25) is 0 Å². The summed E-state index contributed by atoms with van der Waals surface area (Å²) >= 11 is 0. The molecule has 0 spiro atoms. The van der Waals surface area contributed by atoms with Crippen LogP contribution in [0.4, 0.5) is 0 Å². The third kappa shape index (κ3) is 6.37.